The van der Waals surface area contributed by atoms with Crippen LogP contribution in [0.4, 0.5) is 10.5 Å². The third-order valence-electron chi connectivity index (χ3n) is 2.75. The van der Waals surface area contributed by atoms with E-state index in [0.717, 1.165) is 5.56 Å². The van der Waals surface area contributed by atoms with Crippen LogP contribution >= 0.6 is 0 Å². The lowest BCUT2D eigenvalue weighted by atomic mass is 10.1. The standard InChI is InChI=1S/C12H15N3O3/c1-15-10(7-14-12(15)17)18-11(16)6-8-3-2-4-9(13)5-8/h2-5,10H,6-7,13H2,1H3,(H,14,17). The number of carbonyl (C=O) groups is 2. The van der Waals surface area contributed by atoms with Crippen LogP contribution in [-0.4, -0.2) is 36.7 Å². The summed E-state index contributed by atoms with van der Waals surface area (Å²) < 4.78 is 5.20. The molecular formula is C12H15N3O3. The molecule has 1 unspecified atom stereocenters. The van der Waals surface area contributed by atoms with E-state index >= 15 is 0 Å². The van der Waals surface area contributed by atoms with Crippen LogP contribution in [0, 0.1) is 0 Å². The summed E-state index contributed by atoms with van der Waals surface area (Å²) in [6.45, 7) is 0.317. The van der Waals surface area contributed by atoms with Gasteiger partial charge in [-0.2, -0.15) is 0 Å². The van der Waals surface area contributed by atoms with Crippen molar-refractivity contribution in [3.63, 3.8) is 0 Å². The second-order valence-corrected chi connectivity index (χ2v) is 4.16. The zero-order chi connectivity index (χ0) is 13.1. The molecule has 3 N–H and O–H groups in total. The molecular weight excluding hydrogens is 234 g/mol. The highest BCUT2D eigenvalue weighted by Gasteiger charge is 2.30. The summed E-state index contributed by atoms with van der Waals surface area (Å²) in [5, 5.41) is 2.59. The first-order chi connectivity index (χ1) is 8.56. The molecule has 96 valence electrons. The number of anilines is 1. The SMILES string of the molecule is CN1C(=O)NCC1OC(=O)Cc1cccc(N)c1. The normalized spacial score (nSPS) is 18.6. The summed E-state index contributed by atoms with van der Waals surface area (Å²) in [4.78, 5) is 24.2. The molecule has 18 heavy (non-hydrogen) atoms. The van der Waals surface area contributed by atoms with Crippen molar-refractivity contribution < 1.29 is 14.3 Å². The molecule has 1 saturated heterocycles. The van der Waals surface area contributed by atoms with E-state index in [9.17, 15) is 9.59 Å². The highest BCUT2D eigenvalue weighted by molar-refractivity contribution is 5.78. The van der Waals surface area contributed by atoms with Gasteiger partial charge in [0.1, 0.15) is 0 Å². The summed E-state index contributed by atoms with van der Waals surface area (Å²) in [6.07, 6.45) is -0.394. The fraction of sp³-hybridized carbons (Fsp3) is 0.333. The van der Waals surface area contributed by atoms with Crippen LogP contribution in [0.15, 0.2) is 24.3 Å². The van der Waals surface area contributed by atoms with Crippen molar-refractivity contribution in [1.82, 2.24) is 10.2 Å². The van der Waals surface area contributed by atoms with Crippen LogP contribution in [0.25, 0.3) is 0 Å². The van der Waals surface area contributed by atoms with Gasteiger partial charge in [0.05, 0.1) is 13.0 Å². The predicted octanol–water partition coefficient (Wildman–Crippen LogP) is 0.336. The van der Waals surface area contributed by atoms with Crippen LogP contribution in [0.2, 0.25) is 0 Å². The number of hydrogen-bond donors (Lipinski definition) is 2. The Labute approximate surface area is 105 Å². The van der Waals surface area contributed by atoms with Crippen LogP contribution in [-0.2, 0) is 16.0 Å². The number of carbonyl (C=O) groups excluding carboxylic acids is 2. The van der Waals surface area contributed by atoms with Gasteiger partial charge in [0.25, 0.3) is 0 Å². The quantitative estimate of drug-likeness (QED) is 0.597. The first-order valence-electron chi connectivity index (χ1n) is 5.61. The second kappa shape index (κ2) is 4.95. The van der Waals surface area contributed by atoms with Gasteiger partial charge < -0.3 is 15.8 Å². The maximum Gasteiger partial charge on any atom is 0.320 e. The molecule has 0 saturated carbocycles. The molecule has 0 aliphatic carbocycles. The van der Waals surface area contributed by atoms with E-state index in [0.29, 0.717) is 12.2 Å². The van der Waals surface area contributed by atoms with Crippen molar-refractivity contribution in [2.75, 3.05) is 19.3 Å². The van der Waals surface area contributed by atoms with Gasteiger partial charge in [0, 0.05) is 12.7 Å². The maximum absolute atomic E-state index is 11.7. The molecule has 1 fully saturated rings. The molecule has 0 spiro atoms. The Morgan fingerprint density at radius 3 is 3.00 bits per heavy atom. The highest BCUT2D eigenvalue weighted by atomic mass is 16.6. The number of ether oxygens (including phenoxy) is 1. The summed E-state index contributed by atoms with van der Waals surface area (Å²) in [5.41, 5.74) is 7.02. The van der Waals surface area contributed by atoms with Crippen molar-refractivity contribution in [3.05, 3.63) is 29.8 Å². The number of nitrogen functional groups attached to an aromatic ring is 1. The third kappa shape index (κ3) is 2.71. The van der Waals surface area contributed by atoms with Gasteiger partial charge in [-0.15, -0.1) is 0 Å². The fourth-order valence-electron chi connectivity index (χ4n) is 1.75. The zero-order valence-electron chi connectivity index (χ0n) is 10.1. The van der Waals surface area contributed by atoms with Crippen LogP contribution in [0.5, 0.6) is 0 Å². The van der Waals surface area contributed by atoms with E-state index in [1.807, 2.05) is 0 Å². The monoisotopic (exact) mass is 249 g/mol. The van der Waals surface area contributed by atoms with E-state index in [2.05, 4.69) is 5.32 Å². The first-order valence-corrected chi connectivity index (χ1v) is 5.61. The lowest BCUT2D eigenvalue weighted by Gasteiger charge is -2.18. The van der Waals surface area contributed by atoms with E-state index in [-0.39, 0.29) is 18.4 Å². The molecule has 0 bridgehead atoms. The van der Waals surface area contributed by atoms with Crippen LogP contribution < -0.4 is 11.1 Å². The number of nitrogens with two attached hydrogens (primary N) is 1. The Morgan fingerprint density at radius 1 is 1.61 bits per heavy atom. The molecule has 0 radical (unpaired) electrons. The number of likely N-dealkylation sites (N-methyl/N-ethyl adjacent to an activating group) is 1. The summed E-state index contributed by atoms with van der Waals surface area (Å²) in [7, 11) is 1.58. The molecule has 6 nitrogen and oxygen atoms in total. The molecule has 0 aromatic heterocycles. The van der Waals surface area contributed by atoms with E-state index in [1.165, 1.54) is 4.90 Å². The number of benzene rings is 1. The minimum Gasteiger partial charge on any atom is -0.439 e. The van der Waals surface area contributed by atoms with Crippen molar-refractivity contribution in [2.24, 2.45) is 0 Å². The van der Waals surface area contributed by atoms with Crippen molar-refractivity contribution in [3.8, 4) is 0 Å². The van der Waals surface area contributed by atoms with Gasteiger partial charge in [-0.3, -0.25) is 9.69 Å². The van der Waals surface area contributed by atoms with Gasteiger partial charge in [-0.05, 0) is 17.7 Å². The molecule has 2 rings (SSSR count). The van der Waals surface area contributed by atoms with E-state index in [4.69, 9.17) is 10.5 Å². The maximum atomic E-state index is 11.7. The van der Waals surface area contributed by atoms with Crippen LogP contribution in [0.1, 0.15) is 5.56 Å². The summed E-state index contributed by atoms with van der Waals surface area (Å²) in [5.74, 6) is -0.381. The summed E-state index contributed by atoms with van der Waals surface area (Å²) in [6, 6.07) is 6.83. The molecule has 1 atom stereocenters. The number of nitrogens with zero attached hydrogens (tertiary/aromatic N) is 1. The summed E-state index contributed by atoms with van der Waals surface area (Å²) >= 11 is 0. The topological polar surface area (TPSA) is 84.7 Å². The number of rotatable bonds is 3. The number of amides is 2. The van der Waals surface area contributed by atoms with Gasteiger partial charge in [0.2, 0.25) is 0 Å². The zero-order valence-corrected chi connectivity index (χ0v) is 10.1. The van der Waals surface area contributed by atoms with Crippen molar-refractivity contribution in [1.29, 1.82) is 0 Å². The Balaban J connectivity index is 1.91. The molecule has 1 aliphatic heterocycles. The minimum atomic E-state index is -0.536. The molecule has 1 aromatic rings. The highest BCUT2D eigenvalue weighted by Crippen LogP contribution is 2.10. The van der Waals surface area contributed by atoms with Crippen LogP contribution in [0.3, 0.4) is 0 Å². The molecule has 1 aromatic carbocycles. The largest absolute Gasteiger partial charge is 0.439 e. The minimum absolute atomic E-state index is 0.142. The van der Waals surface area contributed by atoms with Gasteiger partial charge >= 0.3 is 12.0 Å². The number of urea groups is 1. The Hall–Kier alpha value is -2.24. The fourth-order valence-corrected chi connectivity index (χ4v) is 1.75. The van der Waals surface area contributed by atoms with E-state index in [1.54, 1.807) is 31.3 Å². The Kier molecular flexibility index (Phi) is 3.36. The van der Waals surface area contributed by atoms with Gasteiger partial charge in [-0.1, -0.05) is 12.1 Å². The number of hydrogen-bond acceptors (Lipinski definition) is 4. The van der Waals surface area contributed by atoms with Gasteiger partial charge in [0.15, 0.2) is 6.23 Å². The average molecular weight is 249 g/mol. The molecule has 1 heterocycles. The third-order valence-corrected chi connectivity index (χ3v) is 2.75. The molecule has 2 amide bonds. The Morgan fingerprint density at radius 2 is 2.39 bits per heavy atom. The van der Waals surface area contributed by atoms with Gasteiger partial charge in [-0.25, -0.2) is 4.79 Å². The second-order valence-electron chi connectivity index (χ2n) is 4.16. The predicted molar refractivity (Wildman–Crippen MR) is 65.6 cm³/mol. The van der Waals surface area contributed by atoms with Crippen molar-refractivity contribution in [2.45, 2.75) is 12.6 Å². The lowest BCUT2D eigenvalue weighted by molar-refractivity contribution is -0.152. The van der Waals surface area contributed by atoms with E-state index < -0.39 is 6.23 Å². The molecule has 6 heteroatoms. The van der Waals surface area contributed by atoms with Crippen molar-refractivity contribution >= 4 is 17.7 Å². The average Bonchev–Trinajstić information content (AvgIpc) is 2.61. The first kappa shape index (κ1) is 12.2. The smallest absolute Gasteiger partial charge is 0.320 e. The number of nitrogens with one attached hydrogen (secondary N) is 1. The molecule has 1 aliphatic rings. The Bertz CT molecular complexity index is 475. The number of esters is 1. The lowest BCUT2D eigenvalue weighted by Crippen LogP contribution is -2.34.